The van der Waals surface area contributed by atoms with E-state index >= 15 is 0 Å². The lowest BCUT2D eigenvalue weighted by Crippen LogP contribution is -2.11. The van der Waals surface area contributed by atoms with E-state index in [-0.39, 0.29) is 4.90 Å². The molecule has 0 amide bonds. The highest BCUT2D eigenvalue weighted by atomic mass is 35.5. The Kier molecular flexibility index (Phi) is 5.69. The quantitative estimate of drug-likeness (QED) is 0.459. The van der Waals surface area contributed by atoms with Crippen molar-refractivity contribution in [3.05, 3.63) is 24.3 Å². The zero-order valence-electron chi connectivity index (χ0n) is 8.77. The van der Waals surface area contributed by atoms with Crippen LogP contribution in [-0.2, 0) is 9.84 Å². The Bertz CT molecular complexity index is 446. The summed E-state index contributed by atoms with van der Waals surface area (Å²) in [5.41, 5.74) is 0. The summed E-state index contributed by atoms with van der Waals surface area (Å²) in [7, 11) is -4.48. The molecule has 0 bridgehead atoms. The number of sulfone groups is 1. The molecule has 96 valence electrons. The SMILES string of the molecule is O=S(=O)(c1ccc(SCCCCl)cc1)C(F)F. The molecule has 1 aromatic rings. The van der Waals surface area contributed by atoms with Crippen LogP contribution in [0.15, 0.2) is 34.1 Å². The highest BCUT2D eigenvalue weighted by molar-refractivity contribution is 7.99. The molecular formula is C10H11ClF2O2S2. The van der Waals surface area contributed by atoms with E-state index < -0.39 is 15.6 Å². The lowest BCUT2D eigenvalue weighted by atomic mass is 10.4. The fourth-order valence-corrected chi connectivity index (χ4v) is 2.94. The average Bonchev–Trinajstić information content (AvgIpc) is 2.30. The fourth-order valence-electron chi connectivity index (χ4n) is 1.07. The van der Waals surface area contributed by atoms with Crippen LogP contribution in [0.2, 0.25) is 0 Å². The molecule has 0 aromatic heterocycles. The minimum Gasteiger partial charge on any atom is -0.218 e. The second-order valence-electron chi connectivity index (χ2n) is 3.17. The van der Waals surface area contributed by atoms with Crippen molar-refractivity contribution < 1.29 is 17.2 Å². The zero-order chi connectivity index (χ0) is 12.9. The van der Waals surface area contributed by atoms with E-state index in [1.54, 1.807) is 0 Å². The number of hydrogen-bond donors (Lipinski definition) is 0. The van der Waals surface area contributed by atoms with E-state index in [1.165, 1.54) is 36.0 Å². The molecule has 1 aromatic carbocycles. The fraction of sp³-hybridized carbons (Fsp3) is 0.400. The summed E-state index contributed by atoms with van der Waals surface area (Å²) < 4.78 is 46.7. The number of hydrogen-bond acceptors (Lipinski definition) is 3. The summed E-state index contributed by atoms with van der Waals surface area (Å²) in [6.45, 7) is 0. The van der Waals surface area contributed by atoms with Crippen molar-refractivity contribution in [2.75, 3.05) is 11.6 Å². The third-order valence-electron chi connectivity index (χ3n) is 1.93. The van der Waals surface area contributed by atoms with Crippen molar-refractivity contribution in [1.82, 2.24) is 0 Å². The number of thioether (sulfide) groups is 1. The number of rotatable bonds is 6. The van der Waals surface area contributed by atoms with Crippen molar-refractivity contribution in [3.8, 4) is 0 Å². The van der Waals surface area contributed by atoms with Gasteiger partial charge in [-0.25, -0.2) is 8.42 Å². The topological polar surface area (TPSA) is 34.1 Å². The van der Waals surface area contributed by atoms with Crippen LogP contribution >= 0.6 is 23.4 Å². The molecule has 0 saturated heterocycles. The van der Waals surface area contributed by atoms with Crippen LogP contribution in [-0.4, -0.2) is 25.8 Å². The van der Waals surface area contributed by atoms with Crippen LogP contribution in [0, 0.1) is 0 Å². The summed E-state index contributed by atoms with van der Waals surface area (Å²) in [4.78, 5) is 0.484. The van der Waals surface area contributed by atoms with Gasteiger partial charge in [-0.2, -0.15) is 8.78 Å². The van der Waals surface area contributed by atoms with E-state index in [0.717, 1.165) is 17.1 Å². The predicted octanol–water partition coefficient (Wildman–Crippen LogP) is 3.40. The maximum atomic E-state index is 12.2. The molecule has 0 N–H and O–H groups in total. The van der Waals surface area contributed by atoms with Gasteiger partial charge in [-0.15, -0.1) is 23.4 Å². The third-order valence-corrected chi connectivity index (χ3v) is 4.70. The molecule has 7 heteroatoms. The van der Waals surface area contributed by atoms with Crippen molar-refractivity contribution >= 4 is 33.2 Å². The minimum atomic E-state index is -4.48. The van der Waals surface area contributed by atoms with Gasteiger partial charge in [-0.3, -0.25) is 0 Å². The van der Waals surface area contributed by atoms with Crippen molar-refractivity contribution in [3.63, 3.8) is 0 Å². The summed E-state index contributed by atoms with van der Waals surface area (Å²) in [6.07, 6.45) is 0.837. The van der Waals surface area contributed by atoms with Gasteiger partial charge in [-0.05, 0) is 36.4 Å². The maximum absolute atomic E-state index is 12.2. The Labute approximate surface area is 108 Å². The molecule has 0 fully saturated rings. The van der Waals surface area contributed by atoms with Gasteiger partial charge in [0.1, 0.15) is 0 Å². The molecule has 0 saturated carbocycles. The summed E-state index contributed by atoms with van der Waals surface area (Å²) in [5, 5.41) is 0. The monoisotopic (exact) mass is 300 g/mol. The Morgan fingerprint density at radius 2 is 1.82 bits per heavy atom. The Balaban J connectivity index is 2.75. The first-order valence-electron chi connectivity index (χ1n) is 4.79. The van der Waals surface area contributed by atoms with Crippen LogP contribution in [0.1, 0.15) is 6.42 Å². The van der Waals surface area contributed by atoms with Crippen LogP contribution in [0.5, 0.6) is 0 Å². The number of benzene rings is 1. The molecule has 0 spiro atoms. The molecule has 0 aliphatic heterocycles. The van der Waals surface area contributed by atoms with E-state index in [4.69, 9.17) is 11.6 Å². The Morgan fingerprint density at radius 3 is 2.29 bits per heavy atom. The molecule has 0 radical (unpaired) electrons. The van der Waals surface area contributed by atoms with E-state index in [0.29, 0.717) is 5.88 Å². The Morgan fingerprint density at radius 1 is 1.24 bits per heavy atom. The lowest BCUT2D eigenvalue weighted by Gasteiger charge is -2.04. The van der Waals surface area contributed by atoms with Crippen molar-refractivity contribution in [2.45, 2.75) is 22.0 Å². The second-order valence-corrected chi connectivity index (χ2v) is 6.63. The van der Waals surface area contributed by atoms with Gasteiger partial charge >= 0.3 is 5.76 Å². The standard InChI is InChI=1S/C10H11ClF2O2S2/c11-6-1-7-16-8-2-4-9(5-3-8)17(14,15)10(12)13/h2-5,10H,1,6-7H2. The third kappa shape index (κ3) is 4.12. The van der Waals surface area contributed by atoms with Crippen LogP contribution in [0.3, 0.4) is 0 Å². The van der Waals surface area contributed by atoms with Crippen molar-refractivity contribution in [2.24, 2.45) is 0 Å². The van der Waals surface area contributed by atoms with Crippen LogP contribution in [0.4, 0.5) is 8.78 Å². The molecule has 0 aliphatic carbocycles. The first kappa shape index (κ1) is 14.7. The number of alkyl halides is 3. The smallest absolute Gasteiger partial charge is 0.218 e. The Hall–Kier alpha value is -0.330. The second kappa shape index (κ2) is 6.56. The van der Waals surface area contributed by atoms with Gasteiger partial charge in [-0.1, -0.05) is 0 Å². The predicted molar refractivity (Wildman–Crippen MR) is 65.7 cm³/mol. The zero-order valence-corrected chi connectivity index (χ0v) is 11.2. The lowest BCUT2D eigenvalue weighted by molar-refractivity contribution is 0.234. The van der Waals surface area contributed by atoms with Gasteiger partial charge in [0.05, 0.1) is 4.90 Å². The summed E-state index contributed by atoms with van der Waals surface area (Å²) >= 11 is 7.02. The normalized spacial score (nSPS) is 12.0. The number of halogens is 3. The molecule has 17 heavy (non-hydrogen) atoms. The average molecular weight is 301 g/mol. The highest BCUT2D eigenvalue weighted by Crippen LogP contribution is 2.23. The molecule has 1 rings (SSSR count). The molecule has 2 nitrogen and oxygen atoms in total. The molecule has 0 heterocycles. The summed E-state index contributed by atoms with van der Waals surface area (Å²) in [6, 6.07) is 5.44. The highest BCUT2D eigenvalue weighted by Gasteiger charge is 2.26. The molecule has 0 unspecified atom stereocenters. The largest absolute Gasteiger partial charge is 0.341 e. The van der Waals surface area contributed by atoms with E-state index in [9.17, 15) is 17.2 Å². The van der Waals surface area contributed by atoms with Crippen LogP contribution in [0.25, 0.3) is 0 Å². The van der Waals surface area contributed by atoms with Gasteiger partial charge in [0.25, 0.3) is 0 Å². The summed E-state index contributed by atoms with van der Waals surface area (Å²) in [5.74, 6) is -2.01. The first-order chi connectivity index (χ1) is 7.98. The maximum Gasteiger partial charge on any atom is 0.341 e. The van der Waals surface area contributed by atoms with Gasteiger partial charge < -0.3 is 0 Å². The first-order valence-corrected chi connectivity index (χ1v) is 7.86. The molecule has 0 atom stereocenters. The van der Waals surface area contributed by atoms with Gasteiger partial charge in [0, 0.05) is 10.8 Å². The molecular weight excluding hydrogens is 290 g/mol. The van der Waals surface area contributed by atoms with E-state index in [2.05, 4.69) is 0 Å². The van der Waals surface area contributed by atoms with Crippen molar-refractivity contribution in [1.29, 1.82) is 0 Å². The van der Waals surface area contributed by atoms with Gasteiger partial charge in [0.15, 0.2) is 0 Å². The van der Waals surface area contributed by atoms with E-state index in [1.807, 2.05) is 0 Å². The molecule has 0 aliphatic rings. The van der Waals surface area contributed by atoms with Gasteiger partial charge in [0.2, 0.25) is 9.84 Å². The van der Waals surface area contributed by atoms with Crippen LogP contribution < -0.4 is 0 Å². The minimum absolute atomic E-state index is 0.353.